The molecule has 0 radical (unpaired) electrons. The van der Waals surface area contributed by atoms with Crippen LogP contribution in [0.25, 0.3) is 0 Å². The number of amides is 2. The first-order chi connectivity index (χ1) is 19.9. The number of oxime groups is 1. The molecule has 1 N–H and O–H groups in total. The number of piperidine rings is 1. The number of unbranched alkanes of at least 4 members (excludes halogenated alkanes) is 1. The van der Waals surface area contributed by atoms with Crippen molar-refractivity contribution in [2.75, 3.05) is 26.7 Å². The van der Waals surface area contributed by atoms with Gasteiger partial charge in [0.1, 0.15) is 0 Å². The van der Waals surface area contributed by atoms with E-state index in [-0.39, 0.29) is 17.5 Å². The molecule has 226 valence electrons. The SMILES string of the molecule is C\C=C(C)/N=C\C(=N\O)C(=O)N(C)CC1CCN(C(=O)CCC/C=C\C/C=C\C/C=C\C/C=C\C/C=C\CC)CC1. The summed E-state index contributed by atoms with van der Waals surface area (Å²) in [7, 11) is 1.70. The summed E-state index contributed by atoms with van der Waals surface area (Å²) in [4.78, 5) is 32.9. The van der Waals surface area contributed by atoms with Gasteiger partial charge in [-0.1, -0.05) is 78.9 Å². The maximum atomic E-state index is 12.6. The molecule has 7 nitrogen and oxygen atoms in total. The lowest BCUT2D eigenvalue weighted by Crippen LogP contribution is -2.43. The van der Waals surface area contributed by atoms with Crippen molar-refractivity contribution in [2.45, 2.75) is 85.0 Å². The van der Waals surface area contributed by atoms with E-state index in [0.717, 1.165) is 76.6 Å². The van der Waals surface area contributed by atoms with Crippen LogP contribution in [0.1, 0.15) is 85.0 Å². The molecule has 1 rings (SSSR count). The molecule has 2 amide bonds. The fourth-order valence-corrected chi connectivity index (χ4v) is 4.29. The van der Waals surface area contributed by atoms with Crippen LogP contribution in [-0.4, -0.2) is 65.4 Å². The lowest BCUT2D eigenvalue weighted by Gasteiger charge is -2.34. The van der Waals surface area contributed by atoms with Gasteiger partial charge >= 0.3 is 0 Å². The predicted molar refractivity (Wildman–Crippen MR) is 172 cm³/mol. The molecule has 1 aliphatic heterocycles. The molecule has 0 saturated carbocycles. The van der Waals surface area contributed by atoms with Crippen LogP contribution in [0.15, 0.2) is 82.7 Å². The van der Waals surface area contributed by atoms with Crippen LogP contribution in [-0.2, 0) is 9.59 Å². The monoisotopic (exact) mass is 564 g/mol. The largest absolute Gasteiger partial charge is 0.410 e. The summed E-state index contributed by atoms with van der Waals surface area (Å²) in [5, 5.41) is 12.3. The highest BCUT2D eigenvalue weighted by Gasteiger charge is 2.25. The number of hydrogen-bond acceptors (Lipinski definition) is 5. The van der Waals surface area contributed by atoms with Gasteiger partial charge in [0.25, 0.3) is 5.91 Å². The van der Waals surface area contributed by atoms with E-state index >= 15 is 0 Å². The van der Waals surface area contributed by atoms with E-state index in [1.165, 1.54) is 6.21 Å². The van der Waals surface area contributed by atoms with Gasteiger partial charge in [-0.15, -0.1) is 0 Å². The Kier molecular flexibility index (Phi) is 20.2. The van der Waals surface area contributed by atoms with E-state index in [0.29, 0.717) is 18.9 Å². The van der Waals surface area contributed by atoms with E-state index in [9.17, 15) is 14.8 Å². The second-order valence-electron chi connectivity index (χ2n) is 10.3. The van der Waals surface area contributed by atoms with Gasteiger partial charge in [-0.3, -0.25) is 14.6 Å². The van der Waals surface area contributed by atoms with Crippen molar-refractivity contribution in [2.24, 2.45) is 16.1 Å². The van der Waals surface area contributed by atoms with Gasteiger partial charge in [-0.05, 0) is 77.6 Å². The molecule has 0 aromatic heterocycles. The van der Waals surface area contributed by atoms with Gasteiger partial charge in [-0.25, -0.2) is 0 Å². The molecule has 0 atom stereocenters. The van der Waals surface area contributed by atoms with Crippen LogP contribution >= 0.6 is 0 Å². The first-order valence-electron chi connectivity index (χ1n) is 15.1. The second-order valence-corrected chi connectivity index (χ2v) is 10.3. The Morgan fingerprint density at radius 3 is 1.95 bits per heavy atom. The van der Waals surface area contributed by atoms with Crippen LogP contribution in [0.3, 0.4) is 0 Å². The Morgan fingerprint density at radius 2 is 1.44 bits per heavy atom. The molecular weight excluding hydrogens is 512 g/mol. The van der Waals surface area contributed by atoms with Crippen LogP contribution < -0.4 is 0 Å². The van der Waals surface area contributed by atoms with Crippen LogP contribution in [0.5, 0.6) is 0 Å². The Bertz CT molecular complexity index is 993. The number of aliphatic imine (C=N–C) groups is 1. The average molecular weight is 565 g/mol. The summed E-state index contributed by atoms with van der Waals surface area (Å²) in [6, 6.07) is 0. The van der Waals surface area contributed by atoms with Gasteiger partial charge in [-0.2, -0.15) is 0 Å². The van der Waals surface area contributed by atoms with Gasteiger partial charge < -0.3 is 15.0 Å². The van der Waals surface area contributed by atoms with Gasteiger partial charge in [0, 0.05) is 38.8 Å². The number of rotatable bonds is 18. The molecule has 0 aliphatic carbocycles. The Morgan fingerprint density at radius 1 is 0.902 bits per heavy atom. The van der Waals surface area contributed by atoms with Crippen molar-refractivity contribution in [3.63, 3.8) is 0 Å². The molecule has 0 spiro atoms. The zero-order chi connectivity index (χ0) is 30.1. The first kappa shape index (κ1) is 35.5. The number of carbonyl (C=O) groups is 2. The number of nitrogens with zero attached hydrogens (tertiary/aromatic N) is 4. The maximum Gasteiger partial charge on any atom is 0.277 e. The minimum absolute atomic E-state index is 0.0891. The Labute approximate surface area is 248 Å². The standard InChI is InChI=1S/C34H52N4O3/c1-5-7-8-9-10-11-12-13-14-15-16-17-18-19-20-21-22-23-33(39)38-26-24-31(25-27-38)29-37(4)34(40)32(36-41)28-35-30(3)6-2/h6-8,10-11,13-14,16-17,19-20,28,31,41H,5,9,12,15,18,21-27,29H2,1-4H3/b8-7-,11-10-,14-13-,17-16-,20-19-,30-6-,35-28-,36-32-. The quantitative estimate of drug-likeness (QED) is 0.0617. The van der Waals surface area contributed by atoms with E-state index < -0.39 is 0 Å². The minimum atomic E-state index is -0.367. The van der Waals surface area contributed by atoms with E-state index in [4.69, 9.17) is 0 Å². The van der Waals surface area contributed by atoms with Crippen molar-refractivity contribution < 1.29 is 14.8 Å². The van der Waals surface area contributed by atoms with E-state index in [1.54, 1.807) is 24.9 Å². The van der Waals surface area contributed by atoms with Gasteiger partial charge in [0.15, 0.2) is 5.71 Å². The van der Waals surface area contributed by atoms with Crippen LogP contribution in [0.4, 0.5) is 0 Å². The molecule has 1 heterocycles. The average Bonchev–Trinajstić information content (AvgIpc) is 2.98. The lowest BCUT2D eigenvalue weighted by atomic mass is 9.95. The van der Waals surface area contributed by atoms with Crippen molar-refractivity contribution >= 4 is 23.7 Å². The summed E-state index contributed by atoms with van der Waals surface area (Å²) in [5.41, 5.74) is 0.644. The molecule has 1 saturated heterocycles. The summed E-state index contributed by atoms with van der Waals surface area (Å²) in [5.74, 6) is 0.155. The Balaban J connectivity index is 2.19. The summed E-state index contributed by atoms with van der Waals surface area (Å²) in [6.45, 7) is 7.79. The van der Waals surface area contributed by atoms with E-state index in [1.807, 2.05) is 11.8 Å². The third kappa shape index (κ3) is 17.1. The lowest BCUT2D eigenvalue weighted by molar-refractivity contribution is -0.133. The predicted octanol–water partition coefficient (Wildman–Crippen LogP) is 7.43. The highest BCUT2D eigenvalue weighted by molar-refractivity contribution is 6.60. The van der Waals surface area contributed by atoms with Crippen molar-refractivity contribution in [1.82, 2.24) is 9.80 Å². The zero-order valence-electron chi connectivity index (χ0n) is 25.8. The topological polar surface area (TPSA) is 85.6 Å². The number of hydrogen-bond donors (Lipinski definition) is 1. The fraction of sp³-hybridized carbons (Fsp3) is 0.529. The highest BCUT2D eigenvalue weighted by atomic mass is 16.4. The van der Waals surface area contributed by atoms with Crippen molar-refractivity contribution in [3.05, 3.63) is 72.5 Å². The molecule has 0 unspecified atom stereocenters. The molecule has 41 heavy (non-hydrogen) atoms. The highest BCUT2D eigenvalue weighted by Crippen LogP contribution is 2.19. The second kappa shape index (κ2) is 23.2. The van der Waals surface area contributed by atoms with Gasteiger partial charge in [0.05, 0.1) is 6.21 Å². The number of likely N-dealkylation sites (tertiary alicyclic amines) is 1. The summed E-state index contributed by atoms with van der Waals surface area (Å²) < 4.78 is 0. The smallest absolute Gasteiger partial charge is 0.277 e. The van der Waals surface area contributed by atoms with Crippen molar-refractivity contribution in [1.29, 1.82) is 0 Å². The normalized spacial score (nSPS) is 16.1. The van der Waals surface area contributed by atoms with Gasteiger partial charge in [0.2, 0.25) is 5.91 Å². The minimum Gasteiger partial charge on any atom is -0.410 e. The molecule has 1 aliphatic rings. The molecule has 0 aromatic carbocycles. The molecule has 0 aromatic rings. The summed E-state index contributed by atoms with van der Waals surface area (Å²) >= 11 is 0. The zero-order valence-corrected chi connectivity index (χ0v) is 25.8. The number of carbonyl (C=O) groups excluding carboxylic acids is 2. The maximum absolute atomic E-state index is 12.6. The third-order valence-electron chi connectivity index (χ3n) is 6.90. The Hall–Kier alpha value is -3.48. The van der Waals surface area contributed by atoms with Crippen molar-refractivity contribution in [3.8, 4) is 0 Å². The molecular formula is C34H52N4O3. The van der Waals surface area contributed by atoms with E-state index in [2.05, 4.69) is 77.8 Å². The molecule has 1 fully saturated rings. The molecule has 0 bridgehead atoms. The summed E-state index contributed by atoms with van der Waals surface area (Å²) in [6.07, 6.45) is 34.0. The third-order valence-corrected chi connectivity index (χ3v) is 6.90. The van der Waals surface area contributed by atoms with Crippen LogP contribution in [0, 0.1) is 5.92 Å². The first-order valence-corrected chi connectivity index (χ1v) is 15.1. The number of allylic oxidation sites excluding steroid dienone is 12. The van der Waals surface area contributed by atoms with Crippen LogP contribution in [0.2, 0.25) is 0 Å². The molecule has 7 heteroatoms. The fourth-order valence-electron chi connectivity index (χ4n) is 4.29.